The lowest BCUT2D eigenvalue weighted by Crippen LogP contribution is -2.22. The first-order chi connectivity index (χ1) is 12.2. The largest absolute Gasteiger partial charge is 0.336 e. The number of carbonyl (C=O) groups is 1. The van der Waals surface area contributed by atoms with Gasteiger partial charge in [-0.05, 0) is 43.3 Å². The summed E-state index contributed by atoms with van der Waals surface area (Å²) in [7, 11) is -3.70. The molecule has 0 aliphatic heterocycles. The van der Waals surface area contributed by atoms with Crippen LogP contribution in [0.1, 0.15) is 18.9 Å². The number of nitrogens with zero attached hydrogens (tertiary/aromatic N) is 1. The van der Waals surface area contributed by atoms with Crippen LogP contribution in [-0.2, 0) is 19.5 Å². The number of hydrogen-bond acceptors (Lipinski definition) is 5. The quantitative estimate of drug-likeness (QED) is 0.373. The van der Waals surface area contributed by atoms with E-state index in [2.05, 4.69) is 5.16 Å². The Labute approximate surface area is 166 Å². The van der Waals surface area contributed by atoms with Gasteiger partial charge in [0.15, 0.2) is 9.84 Å². The van der Waals surface area contributed by atoms with Crippen LogP contribution in [0.2, 0.25) is 15.1 Å². The predicted octanol–water partition coefficient (Wildman–Crippen LogP) is 4.78. The Morgan fingerprint density at radius 1 is 1.12 bits per heavy atom. The summed E-state index contributed by atoms with van der Waals surface area (Å²) in [5, 5.41) is 3.64. The lowest BCUT2D eigenvalue weighted by Gasteiger charge is -2.11. The van der Waals surface area contributed by atoms with Gasteiger partial charge < -0.3 is 4.84 Å². The molecule has 26 heavy (non-hydrogen) atoms. The zero-order valence-corrected chi connectivity index (χ0v) is 16.6. The fraction of sp³-hybridized carbons (Fsp3) is 0.176. The Balaban J connectivity index is 2.01. The maximum Gasteiger partial charge on any atom is 0.336 e. The minimum Gasteiger partial charge on any atom is -0.318 e. The smallest absolute Gasteiger partial charge is 0.318 e. The number of hydrogen-bond donors (Lipinski definition) is 0. The molecule has 138 valence electrons. The minimum absolute atomic E-state index is 0.0774. The van der Waals surface area contributed by atoms with Crippen molar-refractivity contribution in [3.63, 3.8) is 0 Å². The van der Waals surface area contributed by atoms with E-state index in [1.807, 2.05) is 0 Å². The van der Waals surface area contributed by atoms with Gasteiger partial charge in [0, 0.05) is 10.6 Å². The second-order valence-electron chi connectivity index (χ2n) is 5.35. The third kappa shape index (κ3) is 5.20. The average Bonchev–Trinajstić information content (AvgIpc) is 2.58. The lowest BCUT2D eigenvalue weighted by atomic mass is 10.2. The topological polar surface area (TPSA) is 72.8 Å². The van der Waals surface area contributed by atoms with Crippen LogP contribution < -0.4 is 0 Å². The van der Waals surface area contributed by atoms with Crippen LogP contribution in [0, 0.1) is 0 Å². The second-order valence-corrected chi connectivity index (χ2v) is 8.96. The van der Waals surface area contributed by atoms with Crippen molar-refractivity contribution in [1.82, 2.24) is 0 Å². The maximum absolute atomic E-state index is 12.4. The summed E-state index contributed by atoms with van der Waals surface area (Å²) in [4.78, 5) is 16.6. The summed E-state index contributed by atoms with van der Waals surface area (Å²) in [5.74, 6) is -0.797. The van der Waals surface area contributed by atoms with Gasteiger partial charge in [0.1, 0.15) is 0 Å². The number of benzene rings is 2. The van der Waals surface area contributed by atoms with E-state index in [-0.39, 0.29) is 11.3 Å². The molecule has 0 unspecified atom stereocenters. The van der Waals surface area contributed by atoms with Gasteiger partial charge in [0.2, 0.25) is 0 Å². The van der Waals surface area contributed by atoms with Crippen molar-refractivity contribution in [1.29, 1.82) is 0 Å². The predicted molar refractivity (Wildman–Crippen MR) is 103 cm³/mol. The highest BCUT2D eigenvalue weighted by Crippen LogP contribution is 2.23. The van der Waals surface area contributed by atoms with Crippen molar-refractivity contribution in [3.8, 4) is 0 Å². The fourth-order valence-corrected chi connectivity index (χ4v) is 3.97. The monoisotopic (exact) mass is 433 g/mol. The van der Waals surface area contributed by atoms with Gasteiger partial charge in [0.25, 0.3) is 0 Å². The van der Waals surface area contributed by atoms with Crippen molar-refractivity contribution in [3.05, 3.63) is 63.1 Å². The number of sulfone groups is 1. The molecular formula is C17H14Cl3NO4S. The maximum atomic E-state index is 12.4. The molecule has 0 aromatic heterocycles. The molecule has 0 heterocycles. The first-order valence-corrected chi connectivity index (χ1v) is 10.1. The van der Waals surface area contributed by atoms with E-state index in [0.717, 1.165) is 0 Å². The molecule has 5 nitrogen and oxygen atoms in total. The summed E-state index contributed by atoms with van der Waals surface area (Å²) in [6.45, 7) is 1.42. The molecule has 0 amide bonds. The van der Waals surface area contributed by atoms with Crippen molar-refractivity contribution in [2.45, 2.75) is 23.5 Å². The number of oxime groups is 1. The van der Waals surface area contributed by atoms with E-state index < -0.39 is 21.1 Å². The Kier molecular flexibility index (Phi) is 7.06. The molecule has 0 aliphatic carbocycles. The molecule has 9 heteroatoms. The van der Waals surface area contributed by atoms with E-state index in [4.69, 9.17) is 39.6 Å². The molecule has 0 saturated carbocycles. The first-order valence-electron chi connectivity index (χ1n) is 7.38. The molecule has 2 aromatic rings. The zero-order valence-electron chi connectivity index (χ0n) is 13.5. The molecule has 0 radical (unpaired) electrons. The van der Waals surface area contributed by atoms with Crippen LogP contribution >= 0.6 is 34.8 Å². The van der Waals surface area contributed by atoms with E-state index >= 15 is 0 Å². The van der Waals surface area contributed by atoms with Gasteiger partial charge in [0.05, 0.1) is 32.8 Å². The Bertz CT molecular complexity index is 907. The molecule has 2 rings (SSSR count). The zero-order chi connectivity index (χ0) is 19.3. The normalized spacial score (nSPS) is 12.9. The van der Waals surface area contributed by atoms with E-state index in [0.29, 0.717) is 20.6 Å². The first kappa shape index (κ1) is 20.7. The van der Waals surface area contributed by atoms with Crippen LogP contribution in [-0.4, -0.2) is 25.9 Å². The van der Waals surface area contributed by atoms with Crippen LogP contribution in [0.3, 0.4) is 0 Å². The van der Waals surface area contributed by atoms with Gasteiger partial charge >= 0.3 is 5.97 Å². The Hall–Kier alpha value is -1.60. The van der Waals surface area contributed by atoms with Gasteiger partial charge in [-0.1, -0.05) is 46.0 Å². The fourth-order valence-electron chi connectivity index (χ4n) is 2.01. The van der Waals surface area contributed by atoms with Crippen molar-refractivity contribution in [2.75, 3.05) is 0 Å². The summed E-state index contributed by atoms with van der Waals surface area (Å²) in [5.41, 5.74) is 0.394. The SMILES string of the molecule is C[C@@H](CC(=O)O/N=C\c1c(Cl)cccc1Cl)S(=O)(=O)c1ccc(Cl)cc1. The third-order valence-electron chi connectivity index (χ3n) is 3.46. The summed E-state index contributed by atoms with van der Waals surface area (Å²) in [6.07, 6.45) is 0.833. The molecular weight excluding hydrogens is 421 g/mol. The van der Waals surface area contributed by atoms with E-state index in [9.17, 15) is 13.2 Å². The molecule has 1 atom stereocenters. The summed E-state index contributed by atoms with van der Waals surface area (Å²) < 4.78 is 24.9. The van der Waals surface area contributed by atoms with Crippen LogP contribution in [0.25, 0.3) is 0 Å². The van der Waals surface area contributed by atoms with Crippen LogP contribution in [0.15, 0.2) is 52.5 Å². The molecule has 2 aromatic carbocycles. The highest BCUT2D eigenvalue weighted by molar-refractivity contribution is 7.92. The van der Waals surface area contributed by atoms with Gasteiger partial charge in [-0.2, -0.15) is 0 Å². The molecule has 0 spiro atoms. The van der Waals surface area contributed by atoms with E-state index in [1.54, 1.807) is 18.2 Å². The molecule has 0 bridgehead atoms. The average molecular weight is 435 g/mol. The highest BCUT2D eigenvalue weighted by Gasteiger charge is 2.26. The van der Waals surface area contributed by atoms with Gasteiger partial charge in [-0.25, -0.2) is 13.2 Å². The molecule has 0 aliphatic rings. The Morgan fingerprint density at radius 3 is 2.27 bits per heavy atom. The van der Waals surface area contributed by atoms with Gasteiger partial charge in [-0.3, -0.25) is 0 Å². The second kappa shape index (κ2) is 8.86. The summed E-state index contributed by atoms with van der Waals surface area (Å²) >= 11 is 17.7. The lowest BCUT2D eigenvalue weighted by molar-refractivity contribution is -0.143. The number of halogens is 3. The van der Waals surface area contributed by atoms with Crippen LogP contribution in [0.4, 0.5) is 0 Å². The molecule has 0 saturated heterocycles. The number of rotatable bonds is 6. The molecule has 0 N–H and O–H groups in total. The van der Waals surface area contributed by atoms with Crippen molar-refractivity contribution in [2.24, 2.45) is 5.16 Å². The van der Waals surface area contributed by atoms with Crippen molar-refractivity contribution < 1.29 is 18.0 Å². The Morgan fingerprint density at radius 2 is 1.69 bits per heavy atom. The summed E-state index contributed by atoms with van der Waals surface area (Å²) in [6, 6.07) is 10.6. The minimum atomic E-state index is -3.70. The van der Waals surface area contributed by atoms with E-state index in [1.165, 1.54) is 37.4 Å². The van der Waals surface area contributed by atoms with Gasteiger partial charge in [-0.15, -0.1) is 0 Å². The third-order valence-corrected chi connectivity index (χ3v) is 6.53. The standard InChI is InChI=1S/C17H14Cl3NO4S/c1-11(26(23,24)13-7-5-12(18)6-8-13)9-17(22)25-21-10-14-15(19)3-2-4-16(14)20/h2-8,10-11H,9H2,1H3/b21-10-/t11-/m0/s1. The highest BCUT2D eigenvalue weighted by atomic mass is 35.5. The van der Waals surface area contributed by atoms with Crippen LogP contribution in [0.5, 0.6) is 0 Å². The number of carbonyl (C=O) groups excluding carboxylic acids is 1. The van der Waals surface area contributed by atoms with Crippen molar-refractivity contribution >= 4 is 56.8 Å². The molecule has 0 fully saturated rings.